The van der Waals surface area contributed by atoms with Gasteiger partial charge in [0.1, 0.15) is 6.04 Å². The third kappa shape index (κ3) is 6.66. The third-order valence-electron chi connectivity index (χ3n) is 0.633. The fraction of sp³-hybridized carbons (Fsp3) is 0.667. The average molecular weight is 175 g/mol. The van der Waals surface area contributed by atoms with Crippen molar-refractivity contribution >= 4 is 17.0 Å². The van der Waals surface area contributed by atoms with Gasteiger partial charge in [0.05, 0.1) is 0 Å². The molecular formula is C3H6NNaO4S. The Kier molecular flexibility index (Phi) is 8.24. The Morgan fingerprint density at radius 2 is 2.20 bits per heavy atom. The molecule has 5 nitrogen and oxygen atoms in total. The van der Waals surface area contributed by atoms with E-state index in [-0.39, 0.29) is 29.6 Å². The maximum absolute atomic E-state index is 9.84. The molecule has 2 atom stereocenters. The smallest absolute Gasteiger partial charge is 0.772 e. The summed E-state index contributed by atoms with van der Waals surface area (Å²) in [6.07, 6.45) is 0. The molecule has 0 saturated heterocycles. The van der Waals surface area contributed by atoms with Gasteiger partial charge in [-0.25, -0.2) is 0 Å². The summed E-state index contributed by atoms with van der Waals surface area (Å²) in [7, 11) is 0. The van der Waals surface area contributed by atoms with Crippen LogP contribution < -0.4 is 35.3 Å². The molecule has 0 radical (unpaired) electrons. The van der Waals surface area contributed by atoms with Gasteiger partial charge in [0, 0.05) is 5.75 Å². The van der Waals surface area contributed by atoms with Gasteiger partial charge < -0.3 is 15.4 Å². The Morgan fingerprint density at radius 1 is 1.80 bits per heavy atom. The van der Waals surface area contributed by atoms with Crippen LogP contribution in [0.25, 0.3) is 0 Å². The normalized spacial score (nSPS) is 15.0. The van der Waals surface area contributed by atoms with Crippen molar-refractivity contribution in [1.82, 2.24) is 0 Å². The van der Waals surface area contributed by atoms with Gasteiger partial charge in [-0.2, -0.15) is 0 Å². The summed E-state index contributed by atoms with van der Waals surface area (Å²) in [5, 5.41) is 8.03. The molecule has 0 saturated carbocycles. The van der Waals surface area contributed by atoms with Crippen molar-refractivity contribution in [3.63, 3.8) is 0 Å². The van der Waals surface area contributed by atoms with Crippen LogP contribution in [0.5, 0.6) is 0 Å². The summed E-state index contributed by atoms with van der Waals surface area (Å²) in [6.45, 7) is 0. The van der Waals surface area contributed by atoms with Gasteiger partial charge in [-0.05, 0) is 0 Å². The number of carboxylic acid groups (broad SMARTS) is 1. The van der Waals surface area contributed by atoms with E-state index in [0.29, 0.717) is 0 Å². The molecule has 0 bridgehead atoms. The minimum Gasteiger partial charge on any atom is -0.772 e. The van der Waals surface area contributed by atoms with Crippen molar-refractivity contribution in [3.05, 3.63) is 0 Å². The van der Waals surface area contributed by atoms with Crippen LogP contribution in [-0.2, 0) is 15.9 Å². The molecule has 0 heterocycles. The molecule has 0 aromatic heterocycles. The van der Waals surface area contributed by atoms with Crippen LogP contribution in [0, 0.1) is 0 Å². The van der Waals surface area contributed by atoms with Crippen molar-refractivity contribution in [2.24, 2.45) is 5.73 Å². The van der Waals surface area contributed by atoms with Gasteiger partial charge in [0.25, 0.3) is 0 Å². The molecule has 0 spiro atoms. The number of rotatable bonds is 3. The van der Waals surface area contributed by atoms with Gasteiger partial charge in [0.15, 0.2) is 0 Å². The zero-order valence-electron chi connectivity index (χ0n) is 5.44. The van der Waals surface area contributed by atoms with E-state index < -0.39 is 28.8 Å². The fourth-order valence-electron chi connectivity index (χ4n) is 0.218. The van der Waals surface area contributed by atoms with Crippen LogP contribution in [0.4, 0.5) is 0 Å². The van der Waals surface area contributed by atoms with E-state index in [1.54, 1.807) is 0 Å². The van der Waals surface area contributed by atoms with E-state index in [1.807, 2.05) is 0 Å². The number of hydrogen-bond acceptors (Lipinski definition) is 4. The second-order valence-electron chi connectivity index (χ2n) is 1.42. The molecule has 54 valence electrons. The van der Waals surface area contributed by atoms with Gasteiger partial charge in [0.2, 0.25) is 0 Å². The Labute approximate surface area is 82.6 Å². The summed E-state index contributed by atoms with van der Waals surface area (Å²) in [5.41, 5.74) is 4.82. The molecule has 7 heteroatoms. The quantitative estimate of drug-likeness (QED) is 0.331. The van der Waals surface area contributed by atoms with Crippen molar-refractivity contribution in [2.75, 3.05) is 5.75 Å². The number of aliphatic carboxylic acids is 1. The van der Waals surface area contributed by atoms with Crippen molar-refractivity contribution in [2.45, 2.75) is 6.04 Å². The molecular weight excluding hydrogens is 169 g/mol. The zero-order valence-corrected chi connectivity index (χ0v) is 8.26. The molecule has 0 rings (SSSR count). The maximum atomic E-state index is 9.84. The molecule has 0 aliphatic carbocycles. The first-order valence-electron chi connectivity index (χ1n) is 2.08. The second kappa shape index (κ2) is 6.26. The number of hydrogen-bond donors (Lipinski definition) is 2. The molecule has 0 aliphatic heterocycles. The first kappa shape index (κ1) is 13.2. The van der Waals surface area contributed by atoms with Crippen LogP contribution >= 0.6 is 0 Å². The van der Waals surface area contributed by atoms with E-state index in [4.69, 9.17) is 10.8 Å². The SMILES string of the molecule is NC(CS(=O)[O-])C(=O)O.[Na+]. The van der Waals surface area contributed by atoms with Gasteiger partial charge in [-0.3, -0.25) is 9.00 Å². The van der Waals surface area contributed by atoms with Gasteiger partial charge in [-0.1, -0.05) is 11.1 Å². The first-order valence-corrected chi connectivity index (χ1v) is 3.32. The van der Waals surface area contributed by atoms with Crippen molar-refractivity contribution in [3.8, 4) is 0 Å². The summed E-state index contributed by atoms with van der Waals surface area (Å²) < 4.78 is 19.5. The van der Waals surface area contributed by atoms with E-state index >= 15 is 0 Å². The minimum absolute atomic E-state index is 0. The number of carboxylic acids is 1. The molecule has 2 unspecified atom stereocenters. The van der Waals surface area contributed by atoms with E-state index in [0.717, 1.165) is 0 Å². The van der Waals surface area contributed by atoms with Crippen molar-refractivity contribution in [1.29, 1.82) is 0 Å². The zero-order chi connectivity index (χ0) is 7.44. The predicted octanol–water partition coefficient (Wildman–Crippen LogP) is -4.72. The molecule has 10 heavy (non-hydrogen) atoms. The van der Waals surface area contributed by atoms with Crippen LogP contribution in [0.2, 0.25) is 0 Å². The summed E-state index contributed by atoms with van der Waals surface area (Å²) in [6, 6.07) is -1.30. The van der Waals surface area contributed by atoms with Crippen molar-refractivity contribution < 1.29 is 48.2 Å². The monoisotopic (exact) mass is 175 g/mol. The second-order valence-corrected chi connectivity index (χ2v) is 2.36. The topological polar surface area (TPSA) is 103 Å². The Bertz CT molecular complexity index is 140. The third-order valence-corrected chi connectivity index (χ3v) is 1.26. The fourth-order valence-corrected chi connectivity index (χ4v) is 0.654. The Hall–Kier alpha value is 0.540. The summed E-state index contributed by atoms with van der Waals surface area (Å²) >= 11 is -2.37. The molecule has 0 amide bonds. The van der Waals surface area contributed by atoms with E-state index in [2.05, 4.69) is 0 Å². The molecule has 0 fully saturated rings. The number of nitrogens with two attached hydrogens (primary N) is 1. The predicted molar refractivity (Wildman–Crippen MR) is 29.4 cm³/mol. The first-order chi connectivity index (χ1) is 4.04. The Morgan fingerprint density at radius 3 is 2.30 bits per heavy atom. The average Bonchev–Trinajstić information content (AvgIpc) is 1.63. The molecule has 3 N–H and O–H groups in total. The van der Waals surface area contributed by atoms with Crippen LogP contribution in [0.3, 0.4) is 0 Å². The van der Waals surface area contributed by atoms with Gasteiger partial charge >= 0.3 is 35.5 Å². The molecule has 0 aromatic rings. The summed E-state index contributed by atoms with van der Waals surface area (Å²) in [4.78, 5) is 9.84. The van der Waals surface area contributed by atoms with Crippen LogP contribution in [-0.4, -0.2) is 31.6 Å². The molecule has 0 aliphatic rings. The molecule has 0 aromatic carbocycles. The largest absolute Gasteiger partial charge is 1.00 e. The Balaban J connectivity index is 0. The standard InChI is InChI=1S/C3H7NO4S.Na/c4-2(3(5)6)1-9(7)8;/h2H,1,4H2,(H,5,6)(H,7,8);/q;+1/p-1. The maximum Gasteiger partial charge on any atom is 1.00 e. The van der Waals surface area contributed by atoms with Crippen LogP contribution in [0.1, 0.15) is 0 Å². The number of carbonyl (C=O) groups is 1. The van der Waals surface area contributed by atoms with E-state index in [1.165, 1.54) is 0 Å². The van der Waals surface area contributed by atoms with Crippen LogP contribution in [0.15, 0.2) is 0 Å². The van der Waals surface area contributed by atoms with Gasteiger partial charge in [-0.15, -0.1) is 0 Å². The minimum atomic E-state index is -2.37. The summed E-state index contributed by atoms with van der Waals surface area (Å²) in [5.74, 6) is -1.84. The van der Waals surface area contributed by atoms with E-state index in [9.17, 15) is 13.6 Å².